The molecule has 2 fully saturated rings. The summed E-state index contributed by atoms with van der Waals surface area (Å²) in [4.78, 5) is 2.52. The van der Waals surface area contributed by atoms with E-state index in [1.54, 1.807) is 0 Å². The highest BCUT2D eigenvalue weighted by atomic mass is 16.7. The molecule has 2 rings (SSSR count). The molecule has 0 spiro atoms. The molecule has 0 aliphatic carbocycles. The highest BCUT2D eigenvalue weighted by Gasteiger charge is 2.31. The molecule has 4 heteroatoms. The van der Waals surface area contributed by atoms with Crippen LogP contribution in [0.3, 0.4) is 0 Å². The monoisotopic (exact) mass is 299 g/mol. The van der Waals surface area contributed by atoms with Crippen LogP contribution in [0.15, 0.2) is 0 Å². The van der Waals surface area contributed by atoms with E-state index in [0.29, 0.717) is 6.10 Å². The number of rotatable bonds is 7. The maximum Gasteiger partial charge on any atom is 0.165 e. The number of nitrogens with zero attached hydrogens (tertiary/aromatic N) is 1. The van der Waals surface area contributed by atoms with E-state index < -0.39 is 0 Å². The molecule has 4 nitrogen and oxygen atoms in total. The van der Waals surface area contributed by atoms with Crippen LogP contribution in [0.4, 0.5) is 0 Å². The van der Waals surface area contributed by atoms with Crippen molar-refractivity contribution < 1.29 is 14.2 Å². The van der Waals surface area contributed by atoms with E-state index in [4.69, 9.17) is 14.2 Å². The zero-order valence-corrected chi connectivity index (χ0v) is 14.3. The summed E-state index contributed by atoms with van der Waals surface area (Å²) in [5.41, 5.74) is 0.273. The summed E-state index contributed by atoms with van der Waals surface area (Å²) in [5.74, 6) is -0.320. The van der Waals surface area contributed by atoms with Gasteiger partial charge in [0.05, 0.1) is 19.3 Å². The summed E-state index contributed by atoms with van der Waals surface area (Å²) in [6.07, 6.45) is 6.09. The summed E-state index contributed by atoms with van der Waals surface area (Å²) in [5, 5.41) is 0. The zero-order valence-electron chi connectivity index (χ0n) is 14.3. The standard InChI is InChI=1S/C17H33NO3/c1-16(2,3)18-10-8-15(14-18)19-11-7-5-6-9-17(4)20-12-13-21-17/h15H,5-14H2,1-4H3. The minimum absolute atomic E-state index is 0.273. The molecular weight excluding hydrogens is 266 g/mol. The molecule has 0 N–H and O–H groups in total. The fraction of sp³-hybridized carbons (Fsp3) is 1.00. The van der Waals surface area contributed by atoms with Gasteiger partial charge in [0, 0.05) is 31.7 Å². The fourth-order valence-corrected chi connectivity index (χ4v) is 3.15. The quantitative estimate of drug-likeness (QED) is 0.676. The molecule has 2 aliphatic heterocycles. The third-order valence-electron chi connectivity index (χ3n) is 4.62. The molecule has 2 saturated heterocycles. The fourth-order valence-electron chi connectivity index (χ4n) is 3.15. The van der Waals surface area contributed by atoms with Crippen LogP contribution in [0.5, 0.6) is 0 Å². The summed E-state index contributed by atoms with van der Waals surface area (Å²) in [7, 11) is 0. The summed E-state index contributed by atoms with van der Waals surface area (Å²) < 4.78 is 17.2. The van der Waals surface area contributed by atoms with Crippen LogP contribution in [0.25, 0.3) is 0 Å². The van der Waals surface area contributed by atoms with Crippen LogP contribution in [0.2, 0.25) is 0 Å². The third kappa shape index (κ3) is 5.51. The predicted octanol–water partition coefficient (Wildman–Crippen LogP) is 3.20. The molecule has 0 aromatic carbocycles. The predicted molar refractivity (Wildman–Crippen MR) is 84.5 cm³/mol. The number of hydrogen-bond donors (Lipinski definition) is 0. The topological polar surface area (TPSA) is 30.9 Å². The van der Waals surface area contributed by atoms with Crippen LogP contribution in [0.1, 0.15) is 59.8 Å². The van der Waals surface area contributed by atoms with Gasteiger partial charge in [0.2, 0.25) is 0 Å². The molecular formula is C17H33NO3. The molecule has 0 amide bonds. The second-order valence-electron chi connectivity index (χ2n) is 7.54. The average Bonchev–Trinajstić information content (AvgIpc) is 3.02. The van der Waals surface area contributed by atoms with Gasteiger partial charge in [0.15, 0.2) is 5.79 Å². The summed E-state index contributed by atoms with van der Waals surface area (Å²) in [6.45, 7) is 13.5. The molecule has 0 saturated carbocycles. The zero-order chi connectivity index (χ0) is 15.3. The molecule has 0 aromatic rings. The third-order valence-corrected chi connectivity index (χ3v) is 4.62. The maximum atomic E-state index is 6.02. The average molecular weight is 299 g/mol. The van der Waals surface area contributed by atoms with Crippen molar-refractivity contribution >= 4 is 0 Å². The van der Waals surface area contributed by atoms with Gasteiger partial charge < -0.3 is 14.2 Å². The van der Waals surface area contributed by atoms with Gasteiger partial charge in [0.1, 0.15) is 0 Å². The van der Waals surface area contributed by atoms with Gasteiger partial charge in [-0.05, 0) is 47.0 Å². The Morgan fingerprint density at radius 1 is 1.14 bits per heavy atom. The molecule has 0 aromatic heterocycles. The van der Waals surface area contributed by atoms with E-state index in [9.17, 15) is 0 Å². The minimum atomic E-state index is -0.320. The lowest BCUT2D eigenvalue weighted by atomic mass is 10.1. The van der Waals surface area contributed by atoms with Crippen LogP contribution in [0, 0.1) is 0 Å². The second-order valence-corrected chi connectivity index (χ2v) is 7.54. The summed E-state index contributed by atoms with van der Waals surface area (Å²) >= 11 is 0. The van der Waals surface area contributed by atoms with E-state index in [-0.39, 0.29) is 11.3 Å². The van der Waals surface area contributed by atoms with Gasteiger partial charge >= 0.3 is 0 Å². The first kappa shape index (κ1) is 17.2. The van der Waals surface area contributed by atoms with Crippen molar-refractivity contribution in [2.24, 2.45) is 0 Å². The van der Waals surface area contributed by atoms with Crippen molar-refractivity contribution in [3.8, 4) is 0 Å². The van der Waals surface area contributed by atoms with E-state index in [1.165, 1.54) is 19.4 Å². The Morgan fingerprint density at radius 3 is 2.48 bits per heavy atom. The lowest BCUT2D eigenvalue weighted by Crippen LogP contribution is -2.40. The SMILES string of the molecule is CC1(CCCCCOC2CCN(C(C)(C)C)C2)OCCO1. The molecule has 2 heterocycles. The first-order valence-corrected chi connectivity index (χ1v) is 8.54. The first-order chi connectivity index (χ1) is 9.89. The second kappa shape index (κ2) is 7.40. The van der Waals surface area contributed by atoms with Gasteiger partial charge in [0.25, 0.3) is 0 Å². The van der Waals surface area contributed by atoms with Crippen LogP contribution >= 0.6 is 0 Å². The van der Waals surface area contributed by atoms with Crippen molar-refractivity contribution in [1.29, 1.82) is 0 Å². The van der Waals surface area contributed by atoms with Crippen molar-refractivity contribution in [3.63, 3.8) is 0 Å². The van der Waals surface area contributed by atoms with Gasteiger partial charge in [-0.25, -0.2) is 0 Å². The van der Waals surface area contributed by atoms with Crippen molar-refractivity contribution in [2.75, 3.05) is 32.9 Å². The lowest BCUT2D eigenvalue weighted by Gasteiger charge is -2.31. The van der Waals surface area contributed by atoms with Crippen molar-refractivity contribution in [3.05, 3.63) is 0 Å². The Hall–Kier alpha value is -0.160. The van der Waals surface area contributed by atoms with E-state index in [0.717, 1.165) is 45.6 Å². The molecule has 2 aliphatic rings. The van der Waals surface area contributed by atoms with Gasteiger partial charge in [-0.3, -0.25) is 4.90 Å². The maximum absolute atomic E-state index is 6.02. The van der Waals surface area contributed by atoms with Gasteiger partial charge in [-0.1, -0.05) is 6.42 Å². The smallest absolute Gasteiger partial charge is 0.165 e. The highest BCUT2D eigenvalue weighted by Crippen LogP contribution is 2.25. The van der Waals surface area contributed by atoms with E-state index >= 15 is 0 Å². The molecule has 21 heavy (non-hydrogen) atoms. The molecule has 124 valence electrons. The Kier molecular flexibility index (Phi) is 6.06. The van der Waals surface area contributed by atoms with E-state index in [1.807, 2.05) is 0 Å². The van der Waals surface area contributed by atoms with E-state index in [2.05, 4.69) is 32.6 Å². The number of unbranched alkanes of at least 4 members (excludes halogenated alkanes) is 2. The highest BCUT2D eigenvalue weighted by molar-refractivity contribution is 4.85. The normalized spacial score (nSPS) is 26.6. The Bertz CT molecular complexity index is 308. The molecule has 1 atom stereocenters. The van der Waals surface area contributed by atoms with Crippen LogP contribution < -0.4 is 0 Å². The number of hydrogen-bond acceptors (Lipinski definition) is 4. The molecule has 1 unspecified atom stereocenters. The van der Waals surface area contributed by atoms with Crippen molar-refractivity contribution in [2.45, 2.75) is 77.2 Å². The van der Waals surface area contributed by atoms with Crippen LogP contribution in [-0.4, -0.2) is 55.2 Å². The molecule has 0 bridgehead atoms. The minimum Gasteiger partial charge on any atom is -0.377 e. The van der Waals surface area contributed by atoms with Gasteiger partial charge in [-0.15, -0.1) is 0 Å². The molecule has 0 radical (unpaired) electrons. The first-order valence-electron chi connectivity index (χ1n) is 8.54. The lowest BCUT2D eigenvalue weighted by molar-refractivity contribution is -0.147. The van der Waals surface area contributed by atoms with Crippen LogP contribution in [-0.2, 0) is 14.2 Å². The van der Waals surface area contributed by atoms with Gasteiger partial charge in [-0.2, -0.15) is 0 Å². The Labute approximate surface area is 130 Å². The summed E-state index contributed by atoms with van der Waals surface area (Å²) in [6, 6.07) is 0. The number of likely N-dealkylation sites (tertiary alicyclic amines) is 1. The Morgan fingerprint density at radius 2 is 1.86 bits per heavy atom. The Balaban J connectivity index is 1.49. The largest absolute Gasteiger partial charge is 0.377 e. The van der Waals surface area contributed by atoms with Crippen molar-refractivity contribution in [1.82, 2.24) is 4.90 Å². The number of ether oxygens (including phenoxy) is 3.